The van der Waals surface area contributed by atoms with E-state index >= 15 is 0 Å². The van der Waals surface area contributed by atoms with E-state index in [-0.39, 0.29) is 5.91 Å². The molecule has 0 aromatic rings. The van der Waals surface area contributed by atoms with Gasteiger partial charge in [0.25, 0.3) is 0 Å². The molecule has 4 nitrogen and oxygen atoms in total. The number of hydrogen-bond acceptors (Lipinski definition) is 3. The first-order valence-electron chi connectivity index (χ1n) is 6.34. The smallest absolute Gasteiger partial charge is 0.218 e. The van der Waals surface area contributed by atoms with Crippen LogP contribution in [0.5, 0.6) is 0 Å². The number of rotatable bonds is 4. The van der Waals surface area contributed by atoms with Gasteiger partial charge >= 0.3 is 0 Å². The van der Waals surface area contributed by atoms with Crippen LogP contribution >= 0.6 is 0 Å². The van der Waals surface area contributed by atoms with Crippen molar-refractivity contribution < 1.29 is 4.79 Å². The minimum Gasteiger partial charge on any atom is -0.370 e. The average molecular weight is 225 g/mol. The van der Waals surface area contributed by atoms with Gasteiger partial charge < -0.3 is 11.1 Å². The number of fused-ring (bicyclic) bond motifs is 2. The molecule has 2 aliphatic heterocycles. The van der Waals surface area contributed by atoms with Gasteiger partial charge in [0.15, 0.2) is 0 Å². The molecule has 3 unspecified atom stereocenters. The Labute approximate surface area is 97.6 Å². The molecule has 0 aromatic heterocycles. The van der Waals surface area contributed by atoms with Crippen molar-refractivity contribution in [2.24, 2.45) is 5.73 Å². The Kier molecular flexibility index (Phi) is 3.50. The summed E-state index contributed by atoms with van der Waals surface area (Å²) in [5.74, 6) is -0.178. The monoisotopic (exact) mass is 225 g/mol. The number of hydrogen-bond donors (Lipinski definition) is 2. The van der Waals surface area contributed by atoms with Crippen molar-refractivity contribution >= 4 is 5.91 Å². The predicted molar refractivity (Wildman–Crippen MR) is 64.0 cm³/mol. The van der Waals surface area contributed by atoms with E-state index in [9.17, 15) is 4.79 Å². The Morgan fingerprint density at radius 2 is 2.00 bits per heavy atom. The van der Waals surface area contributed by atoms with Crippen molar-refractivity contribution in [3.8, 4) is 0 Å². The van der Waals surface area contributed by atoms with Gasteiger partial charge in [-0.05, 0) is 39.7 Å². The molecular weight excluding hydrogens is 202 g/mol. The third-order valence-electron chi connectivity index (χ3n) is 4.20. The van der Waals surface area contributed by atoms with Gasteiger partial charge in [-0.1, -0.05) is 0 Å². The molecule has 3 atom stereocenters. The van der Waals surface area contributed by atoms with Gasteiger partial charge in [-0.2, -0.15) is 0 Å². The Morgan fingerprint density at radius 3 is 2.44 bits per heavy atom. The van der Waals surface area contributed by atoms with Gasteiger partial charge in [-0.25, -0.2) is 0 Å². The van der Waals surface area contributed by atoms with Crippen LogP contribution in [0, 0.1) is 0 Å². The Balaban J connectivity index is 1.99. The fourth-order valence-electron chi connectivity index (χ4n) is 3.57. The highest BCUT2D eigenvalue weighted by Gasteiger charge is 2.42. The molecular formula is C12H23N3O. The lowest BCUT2D eigenvalue weighted by Crippen LogP contribution is -2.52. The molecule has 2 heterocycles. The maximum absolute atomic E-state index is 11.0. The lowest BCUT2D eigenvalue weighted by Gasteiger charge is -2.42. The molecule has 2 fully saturated rings. The summed E-state index contributed by atoms with van der Waals surface area (Å²) < 4.78 is 0. The van der Waals surface area contributed by atoms with E-state index in [1.165, 1.54) is 25.7 Å². The summed E-state index contributed by atoms with van der Waals surface area (Å²) in [5.41, 5.74) is 5.29. The second kappa shape index (κ2) is 4.72. The number of nitrogens with one attached hydrogen (secondary N) is 1. The summed E-state index contributed by atoms with van der Waals surface area (Å²) in [4.78, 5) is 13.5. The van der Waals surface area contributed by atoms with E-state index in [2.05, 4.69) is 17.1 Å². The van der Waals surface area contributed by atoms with Crippen LogP contribution in [0.25, 0.3) is 0 Å². The molecule has 3 N–H and O–H groups in total. The van der Waals surface area contributed by atoms with E-state index in [0.29, 0.717) is 30.6 Å². The maximum Gasteiger partial charge on any atom is 0.218 e. The standard InChI is InChI=1S/C12H23N3O/c1-8(5-12(13)16)15-10-3-4-11(15)7-9(6-10)14-2/h8-11,14H,3-7H2,1-2H3,(H2,13,16). The number of amides is 1. The van der Waals surface area contributed by atoms with Gasteiger partial charge in [0, 0.05) is 30.6 Å². The molecule has 1 amide bonds. The van der Waals surface area contributed by atoms with Gasteiger partial charge in [0.05, 0.1) is 0 Å². The highest BCUT2D eigenvalue weighted by atomic mass is 16.1. The van der Waals surface area contributed by atoms with Crippen LogP contribution in [0.3, 0.4) is 0 Å². The summed E-state index contributed by atoms with van der Waals surface area (Å²) in [5, 5.41) is 3.39. The zero-order valence-corrected chi connectivity index (χ0v) is 10.3. The molecule has 4 heteroatoms. The highest BCUT2D eigenvalue weighted by Crippen LogP contribution is 2.37. The highest BCUT2D eigenvalue weighted by molar-refractivity contribution is 5.74. The normalized spacial score (nSPS) is 36.2. The van der Waals surface area contributed by atoms with Crippen LogP contribution in [0.4, 0.5) is 0 Å². The number of primary amides is 1. The van der Waals surface area contributed by atoms with Crippen LogP contribution in [-0.4, -0.2) is 42.0 Å². The quantitative estimate of drug-likeness (QED) is 0.731. The summed E-state index contributed by atoms with van der Waals surface area (Å²) in [6, 6.07) is 2.29. The molecule has 0 radical (unpaired) electrons. The van der Waals surface area contributed by atoms with Crippen LogP contribution < -0.4 is 11.1 Å². The molecule has 0 saturated carbocycles. The third-order valence-corrected chi connectivity index (χ3v) is 4.20. The largest absolute Gasteiger partial charge is 0.370 e. The van der Waals surface area contributed by atoms with Crippen molar-refractivity contribution in [2.75, 3.05) is 7.05 Å². The van der Waals surface area contributed by atoms with Crippen molar-refractivity contribution in [1.82, 2.24) is 10.2 Å². The number of carbonyl (C=O) groups excluding carboxylic acids is 1. The average Bonchev–Trinajstić information content (AvgIpc) is 2.49. The molecule has 2 saturated heterocycles. The Bertz CT molecular complexity index is 255. The summed E-state index contributed by atoms with van der Waals surface area (Å²) in [6.07, 6.45) is 5.50. The SMILES string of the molecule is CNC1CC2CCC(C1)N2C(C)CC(N)=O. The maximum atomic E-state index is 11.0. The number of piperidine rings is 1. The van der Waals surface area contributed by atoms with Gasteiger partial charge in [-0.15, -0.1) is 0 Å². The zero-order valence-electron chi connectivity index (χ0n) is 10.3. The topological polar surface area (TPSA) is 58.4 Å². The fraction of sp³-hybridized carbons (Fsp3) is 0.917. The van der Waals surface area contributed by atoms with Crippen LogP contribution in [-0.2, 0) is 4.79 Å². The van der Waals surface area contributed by atoms with Crippen molar-refractivity contribution in [3.63, 3.8) is 0 Å². The van der Waals surface area contributed by atoms with Gasteiger partial charge in [0.1, 0.15) is 0 Å². The van der Waals surface area contributed by atoms with Crippen LogP contribution in [0.1, 0.15) is 39.0 Å². The Morgan fingerprint density at radius 1 is 1.44 bits per heavy atom. The molecule has 2 rings (SSSR count). The third kappa shape index (κ3) is 2.23. The molecule has 0 spiro atoms. The Hall–Kier alpha value is -0.610. The molecule has 92 valence electrons. The summed E-state index contributed by atoms with van der Waals surface area (Å²) in [6.45, 7) is 2.13. The first kappa shape index (κ1) is 11.9. The number of carbonyl (C=O) groups is 1. The first-order chi connectivity index (χ1) is 7.61. The minimum atomic E-state index is -0.178. The van der Waals surface area contributed by atoms with Crippen LogP contribution in [0.15, 0.2) is 0 Å². The molecule has 2 bridgehead atoms. The van der Waals surface area contributed by atoms with Crippen molar-refractivity contribution in [3.05, 3.63) is 0 Å². The van der Waals surface area contributed by atoms with Crippen LogP contribution in [0.2, 0.25) is 0 Å². The fourth-order valence-corrected chi connectivity index (χ4v) is 3.57. The molecule has 0 aromatic carbocycles. The zero-order chi connectivity index (χ0) is 11.7. The second-order valence-electron chi connectivity index (χ2n) is 5.31. The summed E-state index contributed by atoms with van der Waals surface area (Å²) in [7, 11) is 2.05. The lowest BCUT2D eigenvalue weighted by atomic mass is 9.95. The van der Waals surface area contributed by atoms with Gasteiger partial charge in [-0.3, -0.25) is 9.69 Å². The number of nitrogens with two attached hydrogens (primary N) is 1. The number of nitrogens with zero attached hydrogens (tertiary/aromatic N) is 1. The minimum absolute atomic E-state index is 0.178. The second-order valence-corrected chi connectivity index (χ2v) is 5.31. The van der Waals surface area contributed by atoms with E-state index in [1.54, 1.807) is 0 Å². The van der Waals surface area contributed by atoms with E-state index in [1.807, 2.05) is 7.05 Å². The first-order valence-corrected chi connectivity index (χ1v) is 6.34. The van der Waals surface area contributed by atoms with E-state index < -0.39 is 0 Å². The van der Waals surface area contributed by atoms with Crippen molar-refractivity contribution in [1.29, 1.82) is 0 Å². The van der Waals surface area contributed by atoms with Crippen molar-refractivity contribution in [2.45, 2.75) is 63.2 Å². The van der Waals surface area contributed by atoms with E-state index in [4.69, 9.17) is 5.73 Å². The summed E-state index contributed by atoms with van der Waals surface area (Å²) >= 11 is 0. The molecule has 2 aliphatic rings. The predicted octanol–water partition coefficient (Wildman–Crippen LogP) is 0.465. The molecule has 16 heavy (non-hydrogen) atoms. The van der Waals surface area contributed by atoms with E-state index in [0.717, 1.165) is 0 Å². The lowest BCUT2D eigenvalue weighted by molar-refractivity contribution is -0.119. The molecule has 0 aliphatic carbocycles. The van der Waals surface area contributed by atoms with Gasteiger partial charge in [0.2, 0.25) is 5.91 Å².